The van der Waals surface area contributed by atoms with E-state index in [1.54, 1.807) is 0 Å². The average molecular weight is 358 g/mol. The summed E-state index contributed by atoms with van der Waals surface area (Å²) in [5.41, 5.74) is 1.50. The second-order valence-electron chi connectivity index (χ2n) is 8.47. The fourth-order valence-electron chi connectivity index (χ4n) is 3.63. The molecule has 2 aromatic rings. The Morgan fingerprint density at radius 1 is 1.20 bits per heavy atom. The minimum atomic E-state index is -0.319. The van der Waals surface area contributed by atoms with Crippen molar-refractivity contribution in [3.63, 3.8) is 0 Å². The van der Waals surface area contributed by atoms with E-state index in [0.717, 1.165) is 17.5 Å². The molecule has 134 valence electrons. The molecule has 2 aliphatic rings. The number of thiazole rings is 1. The van der Waals surface area contributed by atoms with Gasteiger partial charge in [0.15, 0.2) is 0 Å². The van der Waals surface area contributed by atoms with Crippen molar-refractivity contribution >= 4 is 34.1 Å². The van der Waals surface area contributed by atoms with Crippen LogP contribution in [0.15, 0.2) is 18.2 Å². The highest BCUT2D eigenvalue weighted by atomic mass is 32.1. The van der Waals surface area contributed by atoms with Crippen molar-refractivity contribution in [2.24, 2.45) is 0 Å². The summed E-state index contributed by atoms with van der Waals surface area (Å²) >= 11 is 1.84. The van der Waals surface area contributed by atoms with Gasteiger partial charge in [-0.3, -0.25) is 0 Å². The van der Waals surface area contributed by atoms with Crippen LogP contribution in [0.5, 0.6) is 0 Å². The zero-order valence-electron chi connectivity index (χ0n) is 15.8. The zero-order chi connectivity index (χ0) is 17.8. The topological polar surface area (TPSA) is 34.6 Å². The van der Waals surface area contributed by atoms with E-state index in [1.807, 2.05) is 11.3 Å². The van der Waals surface area contributed by atoms with Crippen LogP contribution in [0, 0.1) is 0 Å². The lowest BCUT2D eigenvalue weighted by Gasteiger charge is -2.32. The number of aromatic nitrogens is 1. The Morgan fingerprint density at radius 3 is 2.60 bits per heavy atom. The first kappa shape index (κ1) is 17.5. The molecule has 2 aliphatic heterocycles. The van der Waals surface area contributed by atoms with Crippen molar-refractivity contribution < 1.29 is 9.31 Å². The van der Waals surface area contributed by atoms with Gasteiger partial charge >= 0.3 is 7.12 Å². The molecule has 1 aromatic heterocycles. The summed E-state index contributed by atoms with van der Waals surface area (Å²) in [6.45, 7) is 10.7. The third-order valence-corrected chi connectivity index (χ3v) is 7.13. The van der Waals surface area contributed by atoms with Gasteiger partial charge in [-0.25, -0.2) is 4.98 Å². The third-order valence-electron chi connectivity index (χ3n) is 5.93. The van der Waals surface area contributed by atoms with Crippen LogP contribution in [-0.4, -0.2) is 48.3 Å². The van der Waals surface area contributed by atoms with E-state index in [4.69, 9.17) is 14.3 Å². The summed E-state index contributed by atoms with van der Waals surface area (Å²) in [5.74, 6) is 0.566. The quantitative estimate of drug-likeness (QED) is 0.771. The van der Waals surface area contributed by atoms with Crippen LogP contribution >= 0.6 is 11.3 Å². The molecule has 2 saturated heterocycles. The normalized spacial score (nSPS) is 26.4. The number of hydrogen-bond donors (Lipinski definition) is 0. The van der Waals surface area contributed by atoms with E-state index in [-0.39, 0.29) is 18.3 Å². The van der Waals surface area contributed by atoms with Crippen LogP contribution in [0.2, 0.25) is 0 Å². The first-order chi connectivity index (χ1) is 11.7. The molecule has 1 atom stereocenters. The smallest absolute Gasteiger partial charge is 0.399 e. The first-order valence-corrected chi connectivity index (χ1v) is 10.0. The maximum Gasteiger partial charge on any atom is 0.494 e. The number of likely N-dealkylation sites (tertiary alicyclic amines) is 1. The minimum Gasteiger partial charge on any atom is -0.399 e. The van der Waals surface area contributed by atoms with Gasteiger partial charge in [0, 0.05) is 12.5 Å². The molecule has 25 heavy (non-hydrogen) atoms. The van der Waals surface area contributed by atoms with E-state index < -0.39 is 0 Å². The van der Waals surface area contributed by atoms with Gasteiger partial charge in [-0.1, -0.05) is 6.07 Å². The number of hydrogen-bond acceptors (Lipinski definition) is 5. The molecule has 0 radical (unpaired) electrons. The molecule has 0 bridgehead atoms. The van der Waals surface area contributed by atoms with Crippen LogP contribution in [0.25, 0.3) is 10.2 Å². The van der Waals surface area contributed by atoms with Crippen LogP contribution in [0.4, 0.5) is 0 Å². The SMILES string of the molecule is CN1CCCC(c2nc3cc(B4OC(C)(C)C(C)(C)O4)ccc3s2)C1. The molecule has 4 rings (SSSR count). The number of fused-ring (bicyclic) bond motifs is 1. The Kier molecular flexibility index (Phi) is 4.23. The number of rotatable bonds is 2. The summed E-state index contributed by atoms with van der Waals surface area (Å²) in [6, 6.07) is 6.44. The lowest BCUT2D eigenvalue weighted by atomic mass is 9.79. The molecule has 0 spiro atoms. The van der Waals surface area contributed by atoms with Gasteiger partial charge in [-0.05, 0) is 71.7 Å². The largest absolute Gasteiger partial charge is 0.494 e. The van der Waals surface area contributed by atoms with Gasteiger partial charge in [-0.2, -0.15) is 0 Å². The van der Waals surface area contributed by atoms with Crippen molar-refractivity contribution in [1.29, 1.82) is 0 Å². The minimum absolute atomic E-state index is 0.313. The molecule has 0 amide bonds. The van der Waals surface area contributed by atoms with E-state index in [2.05, 4.69) is 57.8 Å². The summed E-state index contributed by atoms with van der Waals surface area (Å²) in [4.78, 5) is 7.37. The molecular weight excluding hydrogens is 331 g/mol. The van der Waals surface area contributed by atoms with Crippen molar-refractivity contribution in [3.8, 4) is 0 Å². The summed E-state index contributed by atoms with van der Waals surface area (Å²) in [5, 5.41) is 1.27. The van der Waals surface area contributed by atoms with Gasteiger partial charge in [-0.15, -0.1) is 11.3 Å². The highest BCUT2D eigenvalue weighted by molar-refractivity contribution is 7.18. The number of benzene rings is 1. The molecule has 2 fully saturated rings. The molecule has 6 heteroatoms. The Bertz CT molecular complexity index is 773. The van der Waals surface area contributed by atoms with Crippen molar-refractivity contribution in [2.45, 2.75) is 57.7 Å². The highest BCUT2D eigenvalue weighted by Gasteiger charge is 2.51. The van der Waals surface area contributed by atoms with Gasteiger partial charge in [0.1, 0.15) is 0 Å². The fourth-order valence-corrected chi connectivity index (χ4v) is 4.70. The van der Waals surface area contributed by atoms with Crippen LogP contribution in [-0.2, 0) is 9.31 Å². The van der Waals surface area contributed by atoms with Gasteiger partial charge in [0.05, 0.1) is 26.4 Å². The average Bonchev–Trinajstić information content (AvgIpc) is 3.05. The Balaban J connectivity index is 1.61. The van der Waals surface area contributed by atoms with Crippen LogP contribution in [0.1, 0.15) is 51.5 Å². The van der Waals surface area contributed by atoms with Gasteiger partial charge in [0.2, 0.25) is 0 Å². The maximum atomic E-state index is 6.18. The van der Waals surface area contributed by atoms with Crippen LogP contribution < -0.4 is 5.46 Å². The number of piperidine rings is 1. The lowest BCUT2D eigenvalue weighted by Crippen LogP contribution is -2.41. The fraction of sp³-hybridized carbons (Fsp3) is 0.632. The summed E-state index contributed by atoms with van der Waals surface area (Å²) in [7, 11) is 1.89. The molecule has 4 nitrogen and oxygen atoms in total. The monoisotopic (exact) mass is 358 g/mol. The molecular formula is C19H27BN2O2S. The summed E-state index contributed by atoms with van der Waals surface area (Å²) in [6.07, 6.45) is 2.50. The second kappa shape index (κ2) is 6.05. The molecule has 0 N–H and O–H groups in total. The second-order valence-corrected chi connectivity index (χ2v) is 9.53. The zero-order valence-corrected chi connectivity index (χ0v) is 16.7. The molecule has 1 aromatic carbocycles. The van der Waals surface area contributed by atoms with Crippen LogP contribution in [0.3, 0.4) is 0 Å². The first-order valence-electron chi connectivity index (χ1n) is 9.20. The van der Waals surface area contributed by atoms with Crippen molar-refractivity contribution in [3.05, 3.63) is 23.2 Å². The number of likely N-dealkylation sites (N-methyl/N-ethyl adjacent to an activating group) is 1. The molecule has 0 saturated carbocycles. The Morgan fingerprint density at radius 2 is 1.92 bits per heavy atom. The van der Waals surface area contributed by atoms with E-state index in [0.29, 0.717) is 5.92 Å². The Hall–Kier alpha value is -0.945. The lowest BCUT2D eigenvalue weighted by molar-refractivity contribution is 0.00578. The molecule has 1 unspecified atom stereocenters. The van der Waals surface area contributed by atoms with Crippen molar-refractivity contribution in [1.82, 2.24) is 9.88 Å². The van der Waals surface area contributed by atoms with E-state index in [1.165, 1.54) is 29.1 Å². The van der Waals surface area contributed by atoms with E-state index >= 15 is 0 Å². The third kappa shape index (κ3) is 3.14. The Labute approximate surface area is 154 Å². The summed E-state index contributed by atoms with van der Waals surface area (Å²) < 4.78 is 13.6. The highest BCUT2D eigenvalue weighted by Crippen LogP contribution is 2.37. The van der Waals surface area contributed by atoms with E-state index in [9.17, 15) is 0 Å². The maximum absolute atomic E-state index is 6.18. The number of nitrogens with zero attached hydrogens (tertiary/aromatic N) is 2. The predicted molar refractivity (Wildman–Crippen MR) is 105 cm³/mol. The standard InChI is InChI=1S/C19H27BN2O2S/c1-18(2)19(3,4)24-20(23-18)14-8-9-16-15(11-14)21-17(25-16)13-7-6-10-22(5)12-13/h8-9,11,13H,6-7,10,12H2,1-5H3. The van der Waals surface area contributed by atoms with Gasteiger partial charge < -0.3 is 14.2 Å². The van der Waals surface area contributed by atoms with Crippen molar-refractivity contribution in [2.75, 3.05) is 20.1 Å². The van der Waals surface area contributed by atoms with Gasteiger partial charge in [0.25, 0.3) is 0 Å². The molecule has 0 aliphatic carbocycles. The molecule has 3 heterocycles. The predicted octanol–water partition coefficient (Wildman–Crippen LogP) is 3.40.